The van der Waals surface area contributed by atoms with Gasteiger partial charge in [-0.3, -0.25) is 0 Å². The first-order chi connectivity index (χ1) is 11.4. The van der Waals surface area contributed by atoms with Crippen LogP contribution in [0.3, 0.4) is 0 Å². The number of hydrogen-bond donors (Lipinski definition) is 1. The topological polar surface area (TPSA) is 23.5 Å². The molecule has 0 saturated carbocycles. The van der Waals surface area contributed by atoms with E-state index in [0.29, 0.717) is 18.8 Å². The molecule has 0 amide bonds. The summed E-state index contributed by atoms with van der Waals surface area (Å²) in [5.41, 5.74) is 1.58. The lowest BCUT2D eigenvalue weighted by atomic mass is 9.78. The van der Waals surface area contributed by atoms with E-state index in [9.17, 15) is 5.11 Å². The average Bonchev–Trinajstić information content (AvgIpc) is 2.54. The van der Waals surface area contributed by atoms with E-state index in [4.69, 9.17) is 0 Å². The van der Waals surface area contributed by atoms with Crippen LogP contribution in [0.2, 0.25) is 0 Å². The fourth-order valence-corrected chi connectivity index (χ4v) is 3.55. The first kappa shape index (κ1) is 18.7. The quantitative estimate of drug-likeness (QED) is 0.787. The lowest BCUT2D eigenvalue weighted by Crippen LogP contribution is -2.53. The molecule has 0 saturated heterocycles. The minimum atomic E-state index is -0.795. The molecule has 130 valence electrons. The molecule has 0 aromatic heterocycles. The fraction of sp³-hybridized carbons (Fsp3) is 0.455. The zero-order valence-corrected chi connectivity index (χ0v) is 15.4. The standard InChI is InChI=1S/C22H31NO/c1-18(2)15-21(23(3)4)22(24,16-19-11-7-5-8-12-19)17-20-13-9-6-10-14-20/h5-14,18,21,24H,15-17H2,1-4H3/t21-/m0/s1. The summed E-state index contributed by atoms with van der Waals surface area (Å²) < 4.78 is 0. The van der Waals surface area contributed by atoms with E-state index in [1.807, 2.05) is 36.4 Å². The van der Waals surface area contributed by atoms with E-state index in [1.54, 1.807) is 0 Å². The summed E-state index contributed by atoms with van der Waals surface area (Å²) in [7, 11) is 4.15. The van der Waals surface area contributed by atoms with Gasteiger partial charge in [-0.15, -0.1) is 0 Å². The smallest absolute Gasteiger partial charge is 0.0882 e. The largest absolute Gasteiger partial charge is 0.388 e. The van der Waals surface area contributed by atoms with Gasteiger partial charge < -0.3 is 10.0 Å². The molecule has 0 bridgehead atoms. The van der Waals surface area contributed by atoms with E-state index in [0.717, 1.165) is 6.42 Å². The van der Waals surface area contributed by atoms with Crippen molar-refractivity contribution in [3.63, 3.8) is 0 Å². The van der Waals surface area contributed by atoms with Gasteiger partial charge in [-0.1, -0.05) is 74.5 Å². The van der Waals surface area contributed by atoms with Gasteiger partial charge >= 0.3 is 0 Å². The van der Waals surface area contributed by atoms with Crippen LogP contribution in [0, 0.1) is 5.92 Å². The van der Waals surface area contributed by atoms with Gasteiger partial charge in [0.25, 0.3) is 0 Å². The Morgan fingerprint density at radius 2 is 1.25 bits per heavy atom. The summed E-state index contributed by atoms with van der Waals surface area (Å²) in [6.07, 6.45) is 2.31. The molecule has 0 aliphatic rings. The molecule has 0 unspecified atom stereocenters. The maximum atomic E-state index is 11.8. The first-order valence-corrected chi connectivity index (χ1v) is 8.87. The van der Waals surface area contributed by atoms with Crippen LogP contribution in [-0.2, 0) is 12.8 Å². The van der Waals surface area contributed by atoms with Crippen LogP contribution < -0.4 is 0 Å². The zero-order valence-electron chi connectivity index (χ0n) is 15.4. The number of likely N-dealkylation sites (N-methyl/N-ethyl adjacent to an activating group) is 1. The van der Waals surface area contributed by atoms with Crippen molar-refractivity contribution in [1.82, 2.24) is 4.90 Å². The molecule has 0 spiro atoms. The summed E-state index contributed by atoms with van der Waals surface area (Å²) in [6.45, 7) is 4.45. The SMILES string of the molecule is CC(C)C[C@H](N(C)C)C(O)(Cc1ccccc1)Cc1ccccc1. The van der Waals surface area contributed by atoms with Crippen LogP contribution in [0.1, 0.15) is 31.4 Å². The van der Waals surface area contributed by atoms with Gasteiger partial charge in [-0.05, 0) is 37.6 Å². The molecule has 2 heteroatoms. The molecule has 0 radical (unpaired) electrons. The van der Waals surface area contributed by atoms with Crippen molar-refractivity contribution in [2.75, 3.05) is 14.1 Å². The van der Waals surface area contributed by atoms with Crippen LogP contribution in [-0.4, -0.2) is 35.7 Å². The number of aliphatic hydroxyl groups is 1. The predicted octanol–water partition coefficient (Wildman–Crippen LogP) is 4.18. The van der Waals surface area contributed by atoms with Crippen molar-refractivity contribution in [3.05, 3.63) is 71.8 Å². The Kier molecular flexibility index (Phi) is 6.59. The zero-order chi connectivity index (χ0) is 17.6. The van der Waals surface area contributed by atoms with E-state index in [2.05, 4.69) is 57.1 Å². The van der Waals surface area contributed by atoms with Crippen molar-refractivity contribution in [2.24, 2.45) is 5.92 Å². The van der Waals surface area contributed by atoms with E-state index in [1.165, 1.54) is 11.1 Å². The van der Waals surface area contributed by atoms with Gasteiger partial charge in [-0.25, -0.2) is 0 Å². The lowest BCUT2D eigenvalue weighted by molar-refractivity contribution is -0.0406. The fourth-order valence-electron chi connectivity index (χ4n) is 3.55. The van der Waals surface area contributed by atoms with E-state index < -0.39 is 5.60 Å². The maximum Gasteiger partial charge on any atom is 0.0882 e. The molecule has 0 heterocycles. The summed E-state index contributed by atoms with van der Waals surface area (Å²) in [6, 6.07) is 20.8. The van der Waals surface area contributed by atoms with Gasteiger partial charge in [0.1, 0.15) is 0 Å². The van der Waals surface area contributed by atoms with Crippen molar-refractivity contribution in [3.8, 4) is 0 Å². The molecule has 1 atom stereocenters. The highest BCUT2D eigenvalue weighted by molar-refractivity contribution is 5.23. The minimum Gasteiger partial charge on any atom is -0.388 e. The molecular formula is C22H31NO. The Morgan fingerprint density at radius 3 is 1.58 bits per heavy atom. The highest BCUT2D eigenvalue weighted by Gasteiger charge is 2.38. The van der Waals surface area contributed by atoms with Gasteiger partial charge in [-0.2, -0.15) is 0 Å². The average molecular weight is 325 g/mol. The number of nitrogens with zero attached hydrogens (tertiary/aromatic N) is 1. The number of hydrogen-bond acceptors (Lipinski definition) is 2. The van der Waals surface area contributed by atoms with Gasteiger partial charge in [0, 0.05) is 18.9 Å². The summed E-state index contributed by atoms with van der Waals surface area (Å²) in [5.74, 6) is 0.537. The Labute approximate surface area is 147 Å². The van der Waals surface area contributed by atoms with Crippen molar-refractivity contribution in [1.29, 1.82) is 0 Å². The molecule has 0 aliphatic carbocycles. The highest BCUT2D eigenvalue weighted by atomic mass is 16.3. The van der Waals surface area contributed by atoms with Crippen molar-refractivity contribution >= 4 is 0 Å². The maximum absolute atomic E-state index is 11.8. The lowest BCUT2D eigenvalue weighted by Gasteiger charge is -2.41. The van der Waals surface area contributed by atoms with E-state index >= 15 is 0 Å². The van der Waals surface area contributed by atoms with Gasteiger partial charge in [0.05, 0.1) is 5.60 Å². The number of rotatable bonds is 8. The van der Waals surface area contributed by atoms with Crippen LogP contribution in [0.15, 0.2) is 60.7 Å². The second-order valence-electron chi connectivity index (χ2n) is 7.54. The highest BCUT2D eigenvalue weighted by Crippen LogP contribution is 2.29. The molecule has 1 N–H and O–H groups in total. The minimum absolute atomic E-state index is 0.109. The molecule has 2 aromatic carbocycles. The Balaban J connectivity index is 2.34. The molecular weight excluding hydrogens is 294 g/mol. The third-order valence-electron chi connectivity index (χ3n) is 4.64. The first-order valence-electron chi connectivity index (χ1n) is 8.87. The summed E-state index contributed by atoms with van der Waals surface area (Å²) >= 11 is 0. The third-order valence-corrected chi connectivity index (χ3v) is 4.64. The van der Waals surface area contributed by atoms with Crippen LogP contribution in [0.5, 0.6) is 0 Å². The molecule has 2 nitrogen and oxygen atoms in total. The normalized spacial score (nSPS) is 13.5. The number of benzene rings is 2. The monoisotopic (exact) mass is 325 g/mol. The van der Waals surface area contributed by atoms with Crippen LogP contribution >= 0.6 is 0 Å². The Hall–Kier alpha value is -1.64. The second kappa shape index (κ2) is 8.46. The van der Waals surface area contributed by atoms with Crippen LogP contribution in [0.4, 0.5) is 0 Å². The molecule has 2 rings (SSSR count). The predicted molar refractivity (Wildman–Crippen MR) is 102 cm³/mol. The third kappa shape index (κ3) is 5.19. The molecule has 0 fully saturated rings. The van der Waals surface area contributed by atoms with Gasteiger partial charge in [0.2, 0.25) is 0 Å². The Bertz CT molecular complexity index is 550. The molecule has 2 aromatic rings. The second-order valence-corrected chi connectivity index (χ2v) is 7.54. The molecule has 24 heavy (non-hydrogen) atoms. The summed E-state index contributed by atoms with van der Waals surface area (Å²) in [4.78, 5) is 2.19. The van der Waals surface area contributed by atoms with Crippen LogP contribution in [0.25, 0.3) is 0 Å². The van der Waals surface area contributed by atoms with Crippen molar-refractivity contribution in [2.45, 2.75) is 44.8 Å². The van der Waals surface area contributed by atoms with Gasteiger partial charge in [0.15, 0.2) is 0 Å². The van der Waals surface area contributed by atoms with E-state index in [-0.39, 0.29) is 6.04 Å². The van der Waals surface area contributed by atoms with Crippen molar-refractivity contribution < 1.29 is 5.11 Å². The Morgan fingerprint density at radius 1 is 0.833 bits per heavy atom. The molecule has 0 aliphatic heterocycles. The summed E-state index contributed by atoms with van der Waals surface area (Å²) in [5, 5.41) is 11.8.